The first-order valence-corrected chi connectivity index (χ1v) is 7.89. The molecule has 0 saturated heterocycles. The van der Waals surface area contributed by atoms with E-state index in [1.165, 1.54) is 13.1 Å². The number of amides is 3. The van der Waals surface area contributed by atoms with Gasteiger partial charge in [0.15, 0.2) is 0 Å². The highest BCUT2D eigenvalue weighted by Gasteiger charge is 2.38. The molecule has 7 heteroatoms. The van der Waals surface area contributed by atoms with Crippen LogP contribution in [0.2, 0.25) is 5.02 Å². The van der Waals surface area contributed by atoms with Crippen LogP contribution in [0.4, 0.5) is 5.69 Å². The molecule has 1 aromatic rings. The van der Waals surface area contributed by atoms with Crippen LogP contribution in [0.3, 0.4) is 0 Å². The zero-order valence-corrected chi connectivity index (χ0v) is 13.9. The fourth-order valence-electron chi connectivity index (χ4n) is 2.28. The smallest absolute Gasteiger partial charge is 0.253 e. The van der Waals surface area contributed by atoms with Gasteiger partial charge in [-0.1, -0.05) is 18.5 Å². The molecule has 3 amide bonds. The van der Waals surface area contributed by atoms with Crippen molar-refractivity contribution >= 4 is 35.0 Å². The van der Waals surface area contributed by atoms with E-state index in [1.807, 2.05) is 6.92 Å². The SMILES string of the molecule is CNC(=O)c1ccc(Cl)cc1NC(=O)CCNC(=O)[C@H]1C[C@@H]1C. The number of halogens is 1. The minimum atomic E-state index is -0.312. The Balaban J connectivity index is 1.88. The van der Waals surface area contributed by atoms with Crippen LogP contribution in [-0.4, -0.2) is 31.3 Å². The molecule has 1 fully saturated rings. The second-order valence-electron chi connectivity index (χ2n) is 5.68. The number of hydrogen-bond acceptors (Lipinski definition) is 3. The Morgan fingerprint density at radius 2 is 2.00 bits per heavy atom. The van der Waals surface area contributed by atoms with E-state index in [0.717, 1.165) is 6.42 Å². The Kier molecular flexibility index (Phi) is 5.60. The van der Waals surface area contributed by atoms with Crippen molar-refractivity contribution in [2.45, 2.75) is 19.8 Å². The molecule has 3 N–H and O–H groups in total. The summed E-state index contributed by atoms with van der Waals surface area (Å²) in [4.78, 5) is 35.4. The first-order valence-electron chi connectivity index (χ1n) is 7.51. The van der Waals surface area contributed by atoms with Crippen molar-refractivity contribution in [2.24, 2.45) is 11.8 Å². The Hall–Kier alpha value is -2.08. The van der Waals surface area contributed by atoms with Gasteiger partial charge in [-0.15, -0.1) is 0 Å². The average Bonchev–Trinajstić information content (AvgIpc) is 3.23. The third kappa shape index (κ3) is 4.69. The lowest BCUT2D eigenvalue weighted by Gasteiger charge is -2.11. The number of carbonyl (C=O) groups is 3. The van der Waals surface area contributed by atoms with E-state index in [-0.39, 0.29) is 36.6 Å². The number of rotatable bonds is 6. The van der Waals surface area contributed by atoms with E-state index in [4.69, 9.17) is 11.6 Å². The Bertz CT molecular complexity index is 633. The number of carbonyl (C=O) groups excluding carboxylic acids is 3. The Labute approximate surface area is 140 Å². The molecule has 1 aromatic carbocycles. The number of anilines is 1. The lowest BCUT2D eigenvalue weighted by molar-refractivity contribution is -0.122. The molecule has 0 aromatic heterocycles. The average molecular weight is 338 g/mol. The topological polar surface area (TPSA) is 87.3 Å². The van der Waals surface area contributed by atoms with Gasteiger partial charge in [0.2, 0.25) is 11.8 Å². The van der Waals surface area contributed by atoms with Gasteiger partial charge in [-0.05, 0) is 30.5 Å². The number of nitrogens with one attached hydrogen (secondary N) is 3. The summed E-state index contributed by atoms with van der Waals surface area (Å²) in [6.07, 6.45) is 1.04. The van der Waals surface area contributed by atoms with Crippen molar-refractivity contribution in [3.05, 3.63) is 28.8 Å². The van der Waals surface area contributed by atoms with Gasteiger partial charge in [-0.3, -0.25) is 14.4 Å². The zero-order valence-electron chi connectivity index (χ0n) is 13.1. The lowest BCUT2D eigenvalue weighted by atomic mass is 10.1. The maximum atomic E-state index is 12.0. The maximum Gasteiger partial charge on any atom is 0.253 e. The molecule has 0 bridgehead atoms. The van der Waals surface area contributed by atoms with Crippen LogP contribution in [-0.2, 0) is 9.59 Å². The summed E-state index contributed by atoms with van der Waals surface area (Å²) in [6, 6.07) is 4.65. The van der Waals surface area contributed by atoms with Crippen LogP contribution in [0.1, 0.15) is 30.1 Å². The maximum absolute atomic E-state index is 12.0. The molecule has 0 spiro atoms. The van der Waals surface area contributed by atoms with Gasteiger partial charge in [0.1, 0.15) is 0 Å². The molecule has 1 aliphatic rings. The van der Waals surface area contributed by atoms with Crippen molar-refractivity contribution < 1.29 is 14.4 Å². The summed E-state index contributed by atoms with van der Waals surface area (Å²) in [7, 11) is 1.51. The molecule has 6 nitrogen and oxygen atoms in total. The van der Waals surface area contributed by atoms with Crippen molar-refractivity contribution in [1.29, 1.82) is 0 Å². The highest BCUT2D eigenvalue weighted by molar-refractivity contribution is 6.31. The van der Waals surface area contributed by atoms with Crippen LogP contribution in [0.5, 0.6) is 0 Å². The predicted molar refractivity (Wildman–Crippen MR) is 88.4 cm³/mol. The standard InChI is InChI=1S/C16H20ClN3O3/c1-9-7-12(9)16(23)19-6-5-14(21)20-13-8-10(17)3-4-11(13)15(22)18-2/h3-4,8-9,12H,5-7H2,1-2H3,(H,18,22)(H,19,23)(H,20,21)/t9-,12-/m0/s1. The third-order valence-corrected chi connectivity index (χ3v) is 4.06. The normalized spacial score (nSPS) is 18.9. The largest absolute Gasteiger partial charge is 0.355 e. The Morgan fingerprint density at radius 3 is 2.61 bits per heavy atom. The molecule has 0 aliphatic heterocycles. The highest BCUT2D eigenvalue weighted by Crippen LogP contribution is 2.37. The molecule has 0 radical (unpaired) electrons. The van der Waals surface area contributed by atoms with E-state index in [1.54, 1.807) is 12.1 Å². The van der Waals surface area contributed by atoms with Crippen molar-refractivity contribution in [3.8, 4) is 0 Å². The van der Waals surface area contributed by atoms with Crippen LogP contribution in [0.25, 0.3) is 0 Å². The summed E-state index contributed by atoms with van der Waals surface area (Å²) in [5, 5.41) is 8.33. The Morgan fingerprint density at radius 1 is 1.30 bits per heavy atom. The first kappa shape index (κ1) is 17.3. The van der Waals surface area contributed by atoms with E-state index >= 15 is 0 Å². The van der Waals surface area contributed by atoms with Crippen molar-refractivity contribution in [2.75, 3.05) is 18.9 Å². The van der Waals surface area contributed by atoms with Crippen LogP contribution >= 0.6 is 11.6 Å². The zero-order chi connectivity index (χ0) is 17.0. The summed E-state index contributed by atoms with van der Waals surface area (Å²) in [5.41, 5.74) is 0.685. The van der Waals surface area contributed by atoms with Gasteiger partial charge < -0.3 is 16.0 Å². The van der Waals surface area contributed by atoms with Crippen molar-refractivity contribution in [1.82, 2.24) is 10.6 Å². The van der Waals surface area contributed by atoms with Gasteiger partial charge in [0.05, 0.1) is 11.3 Å². The quantitative estimate of drug-likeness (QED) is 0.739. The van der Waals surface area contributed by atoms with Crippen LogP contribution in [0.15, 0.2) is 18.2 Å². The minimum absolute atomic E-state index is 0.000828. The molecule has 2 rings (SSSR count). The first-order chi connectivity index (χ1) is 10.9. The van der Waals surface area contributed by atoms with Gasteiger partial charge >= 0.3 is 0 Å². The van der Waals surface area contributed by atoms with E-state index < -0.39 is 0 Å². The summed E-state index contributed by atoms with van der Waals surface area (Å²) in [6.45, 7) is 2.29. The highest BCUT2D eigenvalue weighted by atomic mass is 35.5. The molecule has 124 valence electrons. The van der Waals surface area contributed by atoms with E-state index in [2.05, 4.69) is 16.0 Å². The van der Waals surface area contributed by atoms with Crippen molar-refractivity contribution in [3.63, 3.8) is 0 Å². The second-order valence-corrected chi connectivity index (χ2v) is 6.11. The second kappa shape index (κ2) is 7.46. The fraction of sp³-hybridized carbons (Fsp3) is 0.438. The molecule has 23 heavy (non-hydrogen) atoms. The monoisotopic (exact) mass is 337 g/mol. The van der Waals surface area contributed by atoms with E-state index in [0.29, 0.717) is 22.2 Å². The van der Waals surface area contributed by atoms with E-state index in [9.17, 15) is 14.4 Å². The predicted octanol–water partition coefficient (Wildman–Crippen LogP) is 1.80. The van der Waals surface area contributed by atoms with Gasteiger partial charge in [0, 0.05) is 31.0 Å². The molecular formula is C16H20ClN3O3. The number of benzene rings is 1. The number of hydrogen-bond donors (Lipinski definition) is 3. The minimum Gasteiger partial charge on any atom is -0.355 e. The molecule has 1 aliphatic carbocycles. The van der Waals surface area contributed by atoms with Crippen LogP contribution in [0, 0.1) is 11.8 Å². The third-order valence-electron chi connectivity index (χ3n) is 3.82. The molecule has 0 unspecified atom stereocenters. The summed E-state index contributed by atoms with van der Waals surface area (Å²) >= 11 is 5.91. The van der Waals surface area contributed by atoms with Crippen LogP contribution < -0.4 is 16.0 Å². The summed E-state index contributed by atoms with van der Waals surface area (Å²) in [5.74, 6) is -0.0788. The van der Waals surface area contributed by atoms with Gasteiger partial charge in [-0.25, -0.2) is 0 Å². The summed E-state index contributed by atoms with van der Waals surface area (Å²) < 4.78 is 0. The van der Waals surface area contributed by atoms with Gasteiger partial charge in [-0.2, -0.15) is 0 Å². The van der Waals surface area contributed by atoms with Gasteiger partial charge in [0.25, 0.3) is 5.91 Å². The molecule has 0 heterocycles. The molecular weight excluding hydrogens is 318 g/mol. The molecule has 1 saturated carbocycles. The fourth-order valence-corrected chi connectivity index (χ4v) is 2.46. The lowest BCUT2D eigenvalue weighted by Crippen LogP contribution is -2.29. The molecule has 2 atom stereocenters.